The summed E-state index contributed by atoms with van der Waals surface area (Å²) in [6.07, 6.45) is 5.12. The molecule has 1 saturated heterocycles. The zero-order valence-electron chi connectivity index (χ0n) is 8.64. The lowest BCUT2D eigenvalue weighted by atomic mass is 10.0. The van der Waals surface area contributed by atoms with Gasteiger partial charge in [-0.05, 0) is 44.8 Å². The molecule has 0 amide bonds. The van der Waals surface area contributed by atoms with Crippen LogP contribution in [-0.4, -0.2) is 37.6 Å². The molecule has 1 atom stereocenters. The molecule has 0 radical (unpaired) electrons. The fraction of sp³-hybridized carbons (Fsp3) is 0.818. The Bertz CT molecular complexity index is 209. The van der Waals surface area contributed by atoms with Crippen LogP contribution in [0.5, 0.6) is 0 Å². The Morgan fingerprint density at radius 1 is 1.57 bits per heavy atom. The maximum Gasteiger partial charge on any atom is 0.110 e. The van der Waals surface area contributed by atoms with Crippen molar-refractivity contribution in [3.05, 3.63) is 11.9 Å². The SMILES string of the molecule is FC1=CCCN(CCC2CCNC2)C1. The largest absolute Gasteiger partial charge is 0.316 e. The molecule has 0 saturated carbocycles. The van der Waals surface area contributed by atoms with Crippen LogP contribution in [0.3, 0.4) is 0 Å². The van der Waals surface area contributed by atoms with Crippen LogP contribution in [0.1, 0.15) is 19.3 Å². The summed E-state index contributed by atoms with van der Waals surface area (Å²) in [5, 5.41) is 3.36. The van der Waals surface area contributed by atoms with Crippen molar-refractivity contribution in [1.82, 2.24) is 10.2 Å². The van der Waals surface area contributed by atoms with Crippen LogP contribution >= 0.6 is 0 Å². The molecule has 0 aromatic heterocycles. The highest BCUT2D eigenvalue weighted by Gasteiger charge is 2.17. The van der Waals surface area contributed by atoms with Crippen molar-refractivity contribution in [3.63, 3.8) is 0 Å². The maximum atomic E-state index is 12.9. The van der Waals surface area contributed by atoms with Crippen molar-refractivity contribution in [1.29, 1.82) is 0 Å². The zero-order valence-corrected chi connectivity index (χ0v) is 8.64. The summed E-state index contributed by atoms with van der Waals surface area (Å²) in [5.74, 6) is 0.879. The van der Waals surface area contributed by atoms with Gasteiger partial charge in [0.25, 0.3) is 0 Å². The van der Waals surface area contributed by atoms with Crippen LogP contribution in [0.15, 0.2) is 11.9 Å². The second kappa shape index (κ2) is 4.89. The van der Waals surface area contributed by atoms with E-state index in [1.165, 1.54) is 19.4 Å². The lowest BCUT2D eigenvalue weighted by Gasteiger charge is -2.25. The summed E-state index contributed by atoms with van der Waals surface area (Å²) in [5.41, 5.74) is 0. The van der Waals surface area contributed by atoms with Crippen LogP contribution in [0, 0.1) is 5.92 Å². The first-order valence-electron chi connectivity index (χ1n) is 5.62. The van der Waals surface area contributed by atoms with Gasteiger partial charge in [0.1, 0.15) is 5.83 Å². The maximum absolute atomic E-state index is 12.9. The molecular formula is C11H19FN2. The Labute approximate surface area is 85.2 Å². The summed E-state index contributed by atoms with van der Waals surface area (Å²) in [4.78, 5) is 2.23. The quantitative estimate of drug-likeness (QED) is 0.740. The Balaban J connectivity index is 1.67. The van der Waals surface area contributed by atoms with E-state index in [0.717, 1.165) is 32.0 Å². The van der Waals surface area contributed by atoms with E-state index in [9.17, 15) is 4.39 Å². The van der Waals surface area contributed by atoms with E-state index >= 15 is 0 Å². The van der Waals surface area contributed by atoms with Gasteiger partial charge >= 0.3 is 0 Å². The van der Waals surface area contributed by atoms with E-state index < -0.39 is 0 Å². The molecule has 2 nitrogen and oxygen atoms in total. The van der Waals surface area contributed by atoms with Gasteiger partial charge in [-0.15, -0.1) is 0 Å². The van der Waals surface area contributed by atoms with Crippen molar-refractivity contribution in [2.75, 3.05) is 32.7 Å². The smallest absolute Gasteiger partial charge is 0.110 e. The van der Waals surface area contributed by atoms with Gasteiger partial charge < -0.3 is 5.32 Å². The van der Waals surface area contributed by atoms with Crippen molar-refractivity contribution >= 4 is 0 Å². The standard InChI is InChI=1S/C11H19FN2/c12-11-2-1-6-14(9-11)7-4-10-3-5-13-8-10/h2,10,13H,1,3-9H2. The fourth-order valence-electron chi connectivity index (χ4n) is 2.28. The number of rotatable bonds is 3. The molecule has 1 fully saturated rings. The molecule has 1 N–H and O–H groups in total. The molecule has 14 heavy (non-hydrogen) atoms. The summed E-state index contributed by atoms with van der Waals surface area (Å²) >= 11 is 0. The second-order valence-electron chi connectivity index (χ2n) is 4.36. The van der Waals surface area contributed by atoms with Gasteiger partial charge in [0.2, 0.25) is 0 Å². The van der Waals surface area contributed by atoms with Gasteiger partial charge in [-0.25, -0.2) is 4.39 Å². The van der Waals surface area contributed by atoms with Crippen molar-refractivity contribution in [2.45, 2.75) is 19.3 Å². The van der Waals surface area contributed by atoms with Crippen molar-refractivity contribution in [3.8, 4) is 0 Å². The molecule has 0 aliphatic carbocycles. The molecule has 0 aromatic carbocycles. The Morgan fingerprint density at radius 3 is 3.21 bits per heavy atom. The van der Waals surface area contributed by atoms with E-state index in [1.54, 1.807) is 6.08 Å². The second-order valence-corrected chi connectivity index (χ2v) is 4.36. The van der Waals surface area contributed by atoms with Crippen LogP contribution < -0.4 is 5.32 Å². The first-order valence-corrected chi connectivity index (χ1v) is 5.62. The predicted octanol–water partition coefficient (Wildman–Crippen LogP) is 1.55. The number of halogens is 1. The highest BCUT2D eigenvalue weighted by atomic mass is 19.1. The van der Waals surface area contributed by atoms with Crippen molar-refractivity contribution < 1.29 is 4.39 Å². The average Bonchev–Trinajstić information content (AvgIpc) is 2.67. The van der Waals surface area contributed by atoms with Crippen LogP contribution in [0.25, 0.3) is 0 Å². The third-order valence-corrected chi connectivity index (χ3v) is 3.20. The summed E-state index contributed by atoms with van der Waals surface area (Å²) in [6.45, 7) is 4.96. The minimum atomic E-state index is 0.0563. The lowest BCUT2D eigenvalue weighted by Crippen LogP contribution is -2.31. The summed E-state index contributed by atoms with van der Waals surface area (Å²) in [6, 6.07) is 0. The Morgan fingerprint density at radius 2 is 2.50 bits per heavy atom. The van der Waals surface area contributed by atoms with Crippen LogP contribution in [0.4, 0.5) is 4.39 Å². The first-order chi connectivity index (χ1) is 6.84. The topological polar surface area (TPSA) is 15.3 Å². The zero-order chi connectivity index (χ0) is 9.80. The number of hydrogen-bond donors (Lipinski definition) is 1. The van der Waals surface area contributed by atoms with Gasteiger partial charge in [-0.1, -0.05) is 6.08 Å². The molecule has 80 valence electrons. The molecule has 2 rings (SSSR count). The molecule has 0 bridgehead atoms. The minimum absolute atomic E-state index is 0.0563. The highest BCUT2D eigenvalue weighted by molar-refractivity contribution is 4.99. The van der Waals surface area contributed by atoms with Gasteiger partial charge in [0, 0.05) is 13.1 Å². The molecule has 2 heterocycles. The summed E-state index contributed by atoms with van der Waals surface area (Å²) < 4.78 is 12.9. The molecule has 0 aromatic rings. The third kappa shape index (κ3) is 2.79. The van der Waals surface area contributed by atoms with E-state index in [2.05, 4.69) is 10.2 Å². The number of nitrogens with zero attached hydrogens (tertiary/aromatic N) is 1. The Kier molecular flexibility index (Phi) is 3.54. The molecule has 0 spiro atoms. The van der Waals surface area contributed by atoms with Gasteiger partial charge in [-0.3, -0.25) is 4.90 Å². The van der Waals surface area contributed by atoms with Gasteiger partial charge in [0.05, 0.1) is 0 Å². The Hall–Kier alpha value is -0.410. The third-order valence-electron chi connectivity index (χ3n) is 3.20. The lowest BCUT2D eigenvalue weighted by molar-refractivity contribution is 0.249. The summed E-state index contributed by atoms with van der Waals surface area (Å²) in [7, 11) is 0. The van der Waals surface area contributed by atoms with Crippen LogP contribution in [0.2, 0.25) is 0 Å². The van der Waals surface area contributed by atoms with Crippen molar-refractivity contribution in [2.24, 2.45) is 5.92 Å². The minimum Gasteiger partial charge on any atom is -0.316 e. The molecule has 3 heteroatoms. The molecule has 2 aliphatic heterocycles. The fourth-order valence-corrected chi connectivity index (χ4v) is 2.28. The van der Waals surface area contributed by atoms with E-state index in [1.807, 2.05) is 0 Å². The van der Waals surface area contributed by atoms with Crippen LogP contribution in [-0.2, 0) is 0 Å². The normalized spacial score (nSPS) is 29.2. The van der Waals surface area contributed by atoms with E-state index in [0.29, 0.717) is 6.54 Å². The van der Waals surface area contributed by atoms with E-state index in [4.69, 9.17) is 0 Å². The van der Waals surface area contributed by atoms with Gasteiger partial charge in [0.15, 0.2) is 0 Å². The van der Waals surface area contributed by atoms with Gasteiger partial charge in [-0.2, -0.15) is 0 Å². The first kappa shape index (κ1) is 10.1. The molecular weight excluding hydrogens is 179 g/mol. The molecule has 1 unspecified atom stereocenters. The predicted molar refractivity (Wildman–Crippen MR) is 55.8 cm³/mol. The van der Waals surface area contributed by atoms with E-state index in [-0.39, 0.29) is 5.83 Å². The number of hydrogen-bond acceptors (Lipinski definition) is 2. The number of nitrogens with one attached hydrogen (secondary N) is 1. The highest BCUT2D eigenvalue weighted by Crippen LogP contribution is 2.15. The monoisotopic (exact) mass is 198 g/mol. The molecule has 2 aliphatic rings. The average molecular weight is 198 g/mol.